The standard InChI is InChI=1S/C22H17BrN2O3/c1-2-25-18-5-3-4-6-20(18)28-19-12-11-16(13-17(19)22(25)27)24-21(26)14-7-9-15(23)10-8-14/h3-13H,2H2,1H3,(H,24,26). The van der Waals surface area contributed by atoms with Crippen LogP contribution in [0.4, 0.5) is 11.4 Å². The Morgan fingerprint density at radius 1 is 1.04 bits per heavy atom. The Kier molecular flexibility index (Phi) is 4.88. The molecule has 3 aromatic rings. The molecule has 0 aliphatic carbocycles. The number of fused-ring (bicyclic) bond motifs is 2. The van der Waals surface area contributed by atoms with Crippen LogP contribution in [-0.2, 0) is 0 Å². The lowest BCUT2D eigenvalue weighted by molar-refractivity contribution is 0.0985. The molecule has 2 amide bonds. The van der Waals surface area contributed by atoms with Gasteiger partial charge in [-0.25, -0.2) is 0 Å². The van der Waals surface area contributed by atoms with E-state index < -0.39 is 0 Å². The molecule has 0 spiro atoms. The van der Waals surface area contributed by atoms with Gasteiger partial charge in [0.1, 0.15) is 5.75 Å². The van der Waals surface area contributed by atoms with Gasteiger partial charge in [0, 0.05) is 22.3 Å². The zero-order valence-corrected chi connectivity index (χ0v) is 16.7. The van der Waals surface area contributed by atoms with Crippen LogP contribution in [0.15, 0.2) is 71.2 Å². The van der Waals surface area contributed by atoms with Gasteiger partial charge in [-0.1, -0.05) is 28.1 Å². The van der Waals surface area contributed by atoms with Gasteiger partial charge in [-0.15, -0.1) is 0 Å². The summed E-state index contributed by atoms with van der Waals surface area (Å²) in [5, 5.41) is 2.84. The molecular weight excluding hydrogens is 420 g/mol. The summed E-state index contributed by atoms with van der Waals surface area (Å²) in [5.41, 5.74) is 2.20. The number of halogens is 1. The Morgan fingerprint density at radius 3 is 2.54 bits per heavy atom. The fraction of sp³-hybridized carbons (Fsp3) is 0.0909. The molecule has 1 N–H and O–H groups in total. The number of ether oxygens (including phenoxy) is 1. The summed E-state index contributed by atoms with van der Waals surface area (Å²) < 4.78 is 6.88. The number of nitrogens with one attached hydrogen (secondary N) is 1. The van der Waals surface area contributed by atoms with Crippen molar-refractivity contribution >= 4 is 39.1 Å². The minimum atomic E-state index is -0.245. The summed E-state index contributed by atoms with van der Waals surface area (Å²) in [6, 6.07) is 19.6. The number of amides is 2. The monoisotopic (exact) mass is 436 g/mol. The Labute approximate surface area is 171 Å². The first-order valence-electron chi connectivity index (χ1n) is 8.86. The van der Waals surface area contributed by atoms with E-state index in [9.17, 15) is 9.59 Å². The molecule has 3 aromatic carbocycles. The summed E-state index contributed by atoms with van der Waals surface area (Å²) in [4.78, 5) is 27.3. The lowest BCUT2D eigenvalue weighted by Crippen LogP contribution is -2.29. The molecule has 0 atom stereocenters. The molecule has 0 saturated carbocycles. The molecular formula is C22H17BrN2O3. The Hall–Kier alpha value is -3.12. The van der Waals surface area contributed by atoms with E-state index in [4.69, 9.17) is 4.74 Å². The van der Waals surface area contributed by atoms with Crippen LogP contribution < -0.4 is 15.0 Å². The van der Waals surface area contributed by atoms with Gasteiger partial charge in [-0.05, 0) is 61.5 Å². The minimum Gasteiger partial charge on any atom is -0.454 e. The van der Waals surface area contributed by atoms with E-state index in [1.54, 1.807) is 47.4 Å². The highest BCUT2D eigenvalue weighted by atomic mass is 79.9. The second-order valence-corrected chi connectivity index (χ2v) is 7.21. The molecule has 1 aliphatic rings. The average molecular weight is 437 g/mol. The average Bonchev–Trinajstić information content (AvgIpc) is 2.82. The van der Waals surface area contributed by atoms with Crippen LogP contribution in [0.1, 0.15) is 27.6 Å². The van der Waals surface area contributed by atoms with Crippen molar-refractivity contribution in [2.45, 2.75) is 6.92 Å². The number of nitrogens with zero attached hydrogens (tertiary/aromatic N) is 1. The molecule has 0 aromatic heterocycles. The van der Waals surface area contributed by atoms with Crippen molar-refractivity contribution in [2.24, 2.45) is 0 Å². The van der Waals surface area contributed by atoms with Gasteiger partial charge < -0.3 is 15.0 Å². The molecule has 0 saturated heterocycles. The Balaban J connectivity index is 1.67. The van der Waals surface area contributed by atoms with Crippen LogP contribution in [0, 0.1) is 0 Å². The second-order valence-electron chi connectivity index (χ2n) is 6.29. The van der Waals surface area contributed by atoms with E-state index >= 15 is 0 Å². The largest absolute Gasteiger partial charge is 0.454 e. The molecule has 0 unspecified atom stereocenters. The first-order chi connectivity index (χ1) is 13.6. The predicted octanol–water partition coefficient (Wildman–Crippen LogP) is 5.47. The normalized spacial score (nSPS) is 12.5. The summed E-state index contributed by atoms with van der Waals surface area (Å²) in [5.74, 6) is 0.686. The fourth-order valence-electron chi connectivity index (χ4n) is 3.12. The highest BCUT2D eigenvalue weighted by Crippen LogP contribution is 2.39. The number of para-hydroxylation sites is 2. The van der Waals surface area contributed by atoms with Gasteiger partial charge in [0.25, 0.3) is 11.8 Å². The zero-order chi connectivity index (χ0) is 19.7. The summed E-state index contributed by atoms with van der Waals surface area (Å²) in [6.45, 7) is 2.42. The molecule has 140 valence electrons. The van der Waals surface area contributed by atoms with Gasteiger partial charge in [0.05, 0.1) is 11.3 Å². The van der Waals surface area contributed by atoms with E-state index in [1.165, 1.54) is 0 Å². The fourth-order valence-corrected chi connectivity index (χ4v) is 3.39. The van der Waals surface area contributed by atoms with Gasteiger partial charge in [0.2, 0.25) is 0 Å². The number of carbonyl (C=O) groups excluding carboxylic acids is 2. The van der Waals surface area contributed by atoms with Crippen molar-refractivity contribution in [1.29, 1.82) is 0 Å². The number of hydrogen-bond donors (Lipinski definition) is 1. The van der Waals surface area contributed by atoms with Crippen molar-refractivity contribution in [1.82, 2.24) is 0 Å². The van der Waals surface area contributed by atoms with Gasteiger partial charge in [-0.3, -0.25) is 9.59 Å². The lowest BCUT2D eigenvalue weighted by atomic mass is 10.1. The number of hydrogen-bond acceptors (Lipinski definition) is 3. The van der Waals surface area contributed by atoms with Crippen LogP contribution in [-0.4, -0.2) is 18.4 Å². The summed E-state index contributed by atoms with van der Waals surface area (Å²) in [6.07, 6.45) is 0. The molecule has 1 aliphatic heterocycles. The maximum Gasteiger partial charge on any atom is 0.262 e. The number of carbonyl (C=O) groups is 2. The predicted molar refractivity (Wildman–Crippen MR) is 112 cm³/mol. The zero-order valence-electron chi connectivity index (χ0n) is 15.1. The maximum atomic E-state index is 13.1. The van der Waals surface area contributed by atoms with Crippen LogP contribution in [0.25, 0.3) is 0 Å². The van der Waals surface area contributed by atoms with Crippen LogP contribution in [0.2, 0.25) is 0 Å². The van der Waals surface area contributed by atoms with Crippen molar-refractivity contribution in [2.75, 3.05) is 16.8 Å². The Morgan fingerprint density at radius 2 is 1.79 bits per heavy atom. The lowest BCUT2D eigenvalue weighted by Gasteiger charge is -2.19. The van der Waals surface area contributed by atoms with Crippen molar-refractivity contribution in [3.05, 3.63) is 82.3 Å². The van der Waals surface area contributed by atoms with E-state index in [2.05, 4.69) is 21.2 Å². The summed E-state index contributed by atoms with van der Waals surface area (Å²) >= 11 is 3.35. The topological polar surface area (TPSA) is 58.6 Å². The highest BCUT2D eigenvalue weighted by molar-refractivity contribution is 9.10. The third-order valence-electron chi connectivity index (χ3n) is 4.51. The molecule has 5 nitrogen and oxygen atoms in total. The first-order valence-corrected chi connectivity index (χ1v) is 9.66. The molecule has 4 rings (SSSR count). The van der Waals surface area contributed by atoms with Crippen LogP contribution in [0.3, 0.4) is 0 Å². The number of anilines is 2. The van der Waals surface area contributed by atoms with E-state index in [0.29, 0.717) is 34.9 Å². The third-order valence-corrected chi connectivity index (χ3v) is 5.04. The molecule has 0 bridgehead atoms. The smallest absolute Gasteiger partial charge is 0.262 e. The van der Waals surface area contributed by atoms with Crippen molar-refractivity contribution in [3.63, 3.8) is 0 Å². The molecule has 6 heteroatoms. The Bertz CT molecular complexity index is 1060. The molecule has 0 radical (unpaired) electrons. The number of benzene rings is 3. The van der Waals surface area contributed by atoms with Crippen LogP contribution in [0.5, 0.6) is 11.5 Å². The van der Waals surface area contributed by atoms with Crippen molar-refractivity contribution in [3.8, 4) is 11.5 Å². The van der Waals surface area contributed by atoms with Crippen molar-refractivity contribution < 1.29 is 14.3 Å². The van der Waals surface area contributed by atoms with Gasteiger partial charge in [-0.2, -0.15) is 0 Å². The number of rotatable bonds is 3. The maximum absolute atomic E-state index is 13.1. The van der Waals surface area contributed by atoms with E-state index in [0.717, 1.165) is 10.2 Å². The van der Waals surface area contributed by atoms with Crippen LogP contribution >= 0.6 is 15.9 Å². The minimum absolute atomic E-state index is 0.165. The second kappa shape index (κ2) is 7.48. The van der Waals surface area contributed by atoms with Gasteiger partial charge in [0.15, 0.2) is 5.75 Å². The summed E-state index contributed by atoms with van der Waals surface area (Å²) in [7, 11) is 0. The quantitative estimate of drug-likeness (QED) is 0.591. The molecule has 1 heterocycles. The first kappa shape index (κ1) is 18.3. The highest BCUT2D eigenvalue weighted by Gasteiger charge is 2.27. The van der Waals surface area contributed by atoms with Gasteiger partial charge >= 0.3 is 0 Å². The van der Waals surface area contributed by atoms with E-state index in [-0.39, 0.29) is 11.8 Å². The SMILES string of the molecule is CCN1C(=O)c2cc(NC(=O)c3ccc(Br)cc3)ccc2Oc2ccccc21. The molecule has 28 heavy (non-hydrogen) atoms. The molecule has 0 fully saturated rings. The van der Waals surface area contributed by atoms with E-state index in [1.807, 2.05) is 31.2 Å². The third kappa shape index (κ3) is 3.39.